The van der Waals surface area contributed by atoms with Crippen LogP contribution >= 0.6 is 15.9 Å². The Morgan fingerprint density at radius 1 is 1.24 bits per heavy atom. The first-order chi connectivity index (χ1) is 8.33. The average Bonchev–Trinajstić information content (AvgIpc) is 2.94. The number of halogens is 1. The Balaban J connectivity index is 1.86. The fourth-order valence-corrected chi connectivity index (χ4v) is 2.10. The largest absolute Gasteiger partial charge is 0.469 e. The SMILES string of the molecule is Brc1ccn2c(CCc3ccco3)nnc2c1. The number of furan rings is 1. The Bertz CT molecular complexity index is 630. The highest BCUT2D eigenvalue weighted by atomic mass is 79.9. The van der Waals surface area contributed by atoms with E-state index in [4.69, 9.17) is 4.42 Å². The highest BCUT2D eigenvalue weighted by Crippen LogP contribution is 2.14. The van der Waals surface area contributed by atoms with Crippen LogP contribution in [0.4, 0.5) is 0 Å². The third kappa shape index (κ3) is 2.10. The molecule has 0 bridgehead atoms. The smallest absolute Gasteiger partial charge is 0.161 e. The Morgan fingerprint density at radius 2 is 2.18 bits per heavy atom. The van der Waals surface area contributed by atoms with Crippen LogP contribution in [0.25, 0.3) is 5.65 Å². The standard InChI is InChI=1S/C12H10BrN3O/c13-9-5-6-16-11(14-15-12(16)8-9)4-3-10-2-1-7-17-10/h1-2,5-8H,3-4H2. The van der Waals surface area contributed by atoms with Crippen LogP contribution in [-0.2, 0) is 12.8 Å². The van der Waals surface area contributed by atoms with E-state index in [1.54, 1.807) is 6.26 Å². The van der Waals surface area contributed by atoms with Crippen molar-refractivity contribution in [2.75, 3.05) is 0 Å². The van der Waals surface area contributed by atoms with E-state index in [-0.39, 0.29) is 0 Å². The van der Waals surface area contributed by atoms with Crippen LogP contribution in [0.3, 0.4) is 0 Å². The molecule has 86 valence electrons. The summed E-state index contributed by atoms with van der Waals surface area (Å²) in [7, 11) is 0. The van der Waals surface area contributed by atoms with E-state index in [0.717, 1.165) is 34.5 Å². The maximum absolute atomic E-state index is 5.30. The maximum atomic E-state index is 5.30. The third-order valence-electron chi connectivity index (χ3n) is 2.62. The van der Waals surface area contributed by atoms with Gasteiger partial charge in [0.2, 0.25) is 0 Å². The predicted octanol–water partition coefficient (Wildman–Crippen LogP) is 2.87. The molecule has 17 heavy (non-hydrogen) atoms. The quantitative estimate of drug-likeness (QED) is 0.745. The van der Waals surface area contributed by atoms with E-state index >= 15 is 0 Å². The van der Waals surface area contributed by atoms with E-state index < -0.39 is 0 Å². The predicted molar refractivity (Wildman–Crippen MR) is 66.8 cm³/mol. The number of fused-ring (bicyclic) bond motifs is 1. The lowest BCUT2D eigenvalue weighted by molar-refractivity contribution is 0.506. The second-order valence-corrected chi connectivity index (χ2v) is 4.68. The minimum Gasteiger partial charge on any atom is -0.469 e. The molecule has 0 radical (unpaired) electrons. The lowest BCUT2D eigenvalue weighted by atomic mass is 10.2. The summed E-state index contributed by atoms with van der Waals surface area (Å²) in [6.07, 6.45) is 5.31. The molecule has 3 aromatic rings. The Kier molecular flexibility index (Phi) is 2.68. The maximum Gasteiger partial charge on any atom is 0.161 e. The Hall–Kier alpha value is -1.62. The van der Waals surface area contributed by atoms with Gasteiger partial charge in [-0.25, -0.2) is 0 Å². The first-order valence-corrected chi connectivity index (χ1v) is 6.14. The van der Waals surface area contributed by atoms with Crippen LogP contribution in [0, 0.1) is 0 Å². The van der Waals surface area contributed by atoms with Gasteiger partial charge >= 0.3 is 0 Å². The molecule has 4 nitrogen and oxygen atoms in total. The number of aromatic nitrogens is 3. The van der Waals surface area contributed by atoms with Gasteiger partial charge in [0.25, 0.3) is 0 Å². The lowest BCUT2D eigenvalue weighted by Crippen LogP contribution is -1.97. The topological polar surface area (TPSA) is 43.3 Å². The van der Waals surface area contributed by atoms with Crippen molar-refractivity contribution < 1.29 is 4.42 Å². The summed E-state index contributed by atoms with van der Waals surface area (Å²) in [6, 6.07) is 7.80. The summed E-state index contributed by atoms with van der Waals surface area (Å²) < 4.78 is 8.30. The molecule has 0 aromatic carbocycles. The molecule has 0 fully saturated rings. The second-order valence-electron chi connectivity index (χ2n) is 3.77. The Morgan fingerprint density at radius 3 is 3.00 bits per heavy atom. The summed E-state index contributed by atoms with van der Waals surface area (Å²) in [4.78, 5) is 0. The van der Waals surface area contributed by atoms with Gasteiger partial charge in [-0.2, -0.15) is 0 Å². The monoisotopic (exact) mass is 291 g/mol. The first-order valence-electron chi connectivity index (χ1n) is 5.34. The second kappa shape index (κ2) is 4.33. The molecule has 0 unspecified atom stereocenters. The lowest BCUT2D eigenvalue weighted by Gasteiger charge is -1.98. The van der Waals surface area contributed by atoms with E-state index in [0.29, 0.717) is 0 Å². The van der Waals surface area contributed by atoms with Crippen molar-refractivity contribution in [2.45, 2.75) is 12.8 Å². The first kappa shape index (κ1) is 10.5. The summed E-state index contributed by atoms with van der Waals surface area (Å²) in [6.45, 7) is 0. The van der Waals surface area contributed by atoms with E-state index in [2.05, 4.69) is 26.1 Å². The van der Waals surface area contributed by atoms with Crippen LogP contribution in [0.1, 0.15) is 11.6 Å². The fraction of sp³-hybridized carbons (Fsp3) is 0.167. The summed E-state index contributed by atoms with van der Waals surface area (Å²) in [5.41, 5.74) is 0.855. The van der Waals surface area contributed by atoms with Crippen molar-refractivity contribution in [3.05, 3.63) is 52.8 Å². The van der Waals surface area contributed by atoms with E-state index in [9.17, 15) is 0 Å². The number of aryl methyl sites for hydroxylation is 2. The van der Waals surface area contributed by atoms with Gasteiger partial charge in [-0.3, -0.25) is 4.40 Å². The third-order valence-corrected chi connectivity index (χ3v) is 3.11. The molecule has 3 aromatic heterocycles. The molecule has 0 saturated heterocycles. The molecule has 0 aliphatic rings. The zero-order chi connectivity index (χ0) is 11.7. The van der Waals surface area contributed by atoms with Gasteiger partial charge in [-0.05, 0) is 24.3 Å². The number of hydrogen-bond donors (Lipinski definition) is 0. The van der Waals surface area contributed by atoms with Gasteiger partial charge in [0.05, 0.1) is 6.26 Å². The van der Waals surface area contributed by atoms with Gasteiger partial charge < -0.3 is 4.42 Å². The summed E-state index contributed by atoms with van der Waals surface area (Å²) >= 11 is 3.42. The molecular weight excluding hydrogens is 282 g/mol. The number of pyridine rings is 1. The summed E-state index contributed by atoms with van der Waals surface area (Å²) in [5, 5.41) is 8.32. The van der Waals surface area contributed by atoms with Crippen molar-refractivity contribution in [3.63, 3.8) is 0 Å². The van der Waals surface area contributed by atoms with Crippen molar-refractivity contribution >= 4 is 21.6 Å². The van der Waals surface area contributed by atoms with Gasteiger partial charge in [0.15, 0.2) is 5.65 Å². The summed E-state index contributed by atoms with van der Waals surface area (Å²) in [5.74, 6) is 1.92. The van der Waals surface area contributed by atoms with E-state index in [1.165, 1.54) is 0 Å². The van der Waals surface area contributed by atoms with Crippen molar-refractivity contribution in [1.29, 1.82) is 0 Å². The number of rotatable bonds is 3. The van der Waals surface area contributed by atoms with Gasteiger partial charge in [-0.15, -0.1) is 10.2 Å². The normalized spacial score (nSPS) is 11.1. The fourth-order valence-electron chi connectivity index (χ4n) is 1.78. The van der Waals surface area contributed by atoms with Crippen LogP contribution in [0.15, 0.2) is 45.6 Å². The van der Waals surface area contributed by atoms with Gasteiger partial charge in [0.1, 0.15) is 11.6 Å². The highest BCUT2D eigenvalue weighted by molar-refractivity contribution is 9.10. The van der Waals surface area contributed by atoms with E-state index in [1.807, 2.05) is 34.9 Å². The molecule has 0 aliphatic heterocycles. The molecule has 0 spiro atoms. The van der Waals surface area contributed by atoms with Crippen molar-refractivity contribution in [2.24, 2.45) is 0 Å². The average molecular weight is 292 g/mol. The molecular formula is C12H10BrN3O. The molecule has 0 amide bonds. The van der Waals surface area contributed by atoms with Crippen LogP contribution < -0.4 is 0 Å². The molecule has 0 N–H and O–H groups in total. The molecule has 0 atom stereocenters. The van der Waals surface area contributed by atoms with Crippen LogP contribution in [0.2, 0.25) is 0 Å². The molecule has 3 rings (SSSR count). The number of hydrogen-bond acceptors (Lipinski definition) is 3. The zero-order valence-corrected chi connectivity index (χ0v) is 10.6. The minimum absolute atomic E-state index is 0.816. The molecule has 0 saturated carbocycles. The Labute approximate surface area is 106 Å². The van der Waals surface area contributed by atoms with Crippen molar-refractivity contribution in [3.8, 4) is 0 Å². The molecule has 0 aliphatic carbocycles. The number of nitrogens with zero attached hydrogens (tertiary/aromatic N) is 3. The van der Waals surface area contributed by atoms with Gasteiger partial charge in [0, 0.05) is 23.5 Å². The molecule has 5 heteroatoms. The highest BCUT2D eigenvalue weighted by Gasteiger charge is 2.06. The van der Waals surface area contributed by atoms with Crippen molar-refractivity contribution in [1.82, 2.24) is 14.6 Å². The van der Waals surface area contributed by atoms with Gasteiger partial charge in [-0.1, -0.05) is 15.9 Å². The van der Waals surface area contributed by atoms with Crippen LogP contribution in [-0.4, -0.2) is 14.6 Å². The molecule has 3 heterocycles. The van der Waals surface area contributed by atoms with Crippen LogP contribution in [0.5, 0.6) is 0 Å². The zero-order valence-electron chi connectivity index (χ0n) is 9.01. The minimum atomic E-state index is 0.816.